The molecule has 1 amide bonds. The third-order valence-electron chi connectivity index (χ3n) is 3.84. The predicted molar refractivity (Wildman–Crippen MR) is 102 cm³/mol. The van der Waals surface area contributed by atoms with Crippen LogP contribution in [0.15, 0.2) is 48.5 Å². The molecule has 0 saturated carbocycles. The minimum atomic E-state index is -4.41. The van der Waals surface area contributed by atoms with E-state index in [1.807, 2.05) is 18.2 Å². The number of amides is 1. The number of nitrogens with two attached hydrogens (primary N) is 1. The summed E-state index contributed by atoms with van der Waals surface area (Å²) in [7, 11) is 0. The Morgan fingerprint density at radius 3 is 2.39 bits per heavy atom. The Morgan fingerprint density at radius 2 is 1.79 bits per heavy atom. The third-order valence-corrected chi connectivity index (χ3v) is 3.84. The third kappa shape index (κ3) is 7.66. The summed E-state index contributed by atoms with van der Waals surface area (Å²) in [5, 5.41) is 12.4. The Hall–Kier alpha value is -2.45. The zero-order valence-electron chi connectivity index (χ0n) is 14.9. The number of alkyl halides is 3. The van der Waals surface area contributed by atoms with Gasteiger partial charge in [-0.15, -0.1) is 12.4 Å². The molecule has 1 unspecified atom stereocenters. The molecule has 9 heteroatoms. The maximum absolute atomic E-state index is 12.5. The van der Waals surface area contributed by atoms with Crippen LogP contribution in [0, 0.1) is 0 Å². The molecule has 28 heavy (non-hydrogen) atoms. The van der Waals surface area contributed by atoms with Gasteiger partial charge in [0.1, 0.15) is 18.5 Å². The van der Waals surface area contributed by atoms with Crippen molar-refractivity contribution in [2.24, 2.45) is 0 Å². The number of benzene rings is 2. The number of carbonyl (C=O) groups is 1. The summed E-state index contributed by atoms with van der Waals surface area (Å²) in [6.45, 7) is -0.180. The number of carbonyl (C=O) groups excluding carboxylic acids is 1. The zero-order valence-corrected chi connectivity index (χ0v) is 15.7. The molecule has 0 aliphatic carbocycles. The predicted octanol–water partition coefficient (Wildman–Crippen LogP) is 3.20. The van der Waals surface area contributed by atoms with E-state index in [1.165, 1.54) is 12.1 Å². The van der Waals surface area contributed by atoms with E-state index in [2.05, 4.69) is 5.32 Å². The van der Waals surface area contributed by atoms with Gasteiger partial charge < -0.3 is 20.9 Å². The Bertz CT molecular complexity index is 755. The fraction of sp³-hybridized carbons (Fsp3) is 0.316. The Kier molecular flexibility index (Phi) is 9.08. The van der Waals surface area contributed by atoms with Gasteiger partial charge in [0, 0.05) is 18.7 Å². The van der Waals surface area contributed by atoms with Crippen LogP contribution in [0.3, 0.4) is 0 Å². The van der Waals surface area contributed by atoms with Crippen LogP contribution in [0.2, 0.25) is 0 Å². The van der Waals surface area contributed by atoms with Crippen molar-refractivity contribution in [3.05, 3.63) is 59.7 Å². The zero-order chi connectivity index (χ0) is 19.9. The minimum absolute atomic E-state index is 0. The molecule has 2 rings (SSSR count). The number of nitrogen functional groups attached to an aromatic ring is 1. The first-order valence-electron chi connectivity index (χ1n) is 8.34. The van der Waals surface area contributed by atoms with Gasteiger partial charge in [0.2, 0.25) is 5.91 Å². The van der Waals surface area contributed by atoms with Crippen LogP contribution >= 0.6 is 12.4 Å². The number of aryl methyl sites for hydroxylation is 1. The number of aliphatic hydroxyl groups is 1. The number of rotatable bonds is 8. The molecule has 5 nitrogen and oxygen atoms in total. The van der Waals surface area contributed by atoms with E-state index >= 15 is 0 Å². The second-order valence-corrected chi connectivity index (χ2v) is 5.99. The summed E-state index contributed by atoms with van der Waals surface area (Å²) in [6.07, 6.45) is -4.69. The van der Waals surface area contributed by atoms with Gasteiger partial charge >= 0.3 is 6.18 Å². The average Bonchev–Trinajstić information content (AvgIpc) is 2.63. The topological polar surface area (TPSA) is 84.6 Å². The molecule has 0 aromatic heterocycles. The molecule has 0 aliphatic heterocycles. The van der Waals surface area contributed by atoms with Crippen molar-refractivity contribution in [1.82, 2.24) is 5.32 Å². The van der Waals surface area contributed by atoms with Crippen molar-refractivity contribution in [2.75, 3.05) is 18.9 Å². The minimum Gasteiger partial charge on any atom is -0.491 e. The second kappa shape index (κ2) is 10.8. The normalized spacial score (nSPS) is 12.0. The molecular formula is C19H22ClF3N2O3. The quantitative estimate of drug-likeness (QED) is 0.575. The lowest BCUT2D eigenvalue weighted by atomic mass is 10.1. The molecular weight excluding hydrogens is 397 g/mol. The van der Waals surface area contributed by atoms with Crippen LogP contribution in [-0.2, 0) is 17.4 Å². The van der Waals surface area contributed by atoms with Crippen molar-refractivity contribution >= 4 is 24.0 Å². The highest BCUT2D eigenvalue weighted by molar-refractivity contribution is 5.85. The standard InChI is InChI=1S/C19H21F3N2O3.ClH/c20-19(21,22)14-6-8-16(9-7-14)27-12-15(25)11-24-18(26)10-5-13-3-1-2-4-17(13)23;/h1-4,6-9,15,25H,5,10-12,23H2,(H,24,26);1H. The largest absolute Gasteiger partial charge is 0.491 e. The van der Waals surface area contributed by atoms with E-state index in [4.69, 9.17) is 10.5 Å². The molecule has 1 atom stereocenters. The molecule has 0 fully saturated rings. The maximum Gasteiger partial charge on any atom is 0.416 e. The fourth-order valence-electron chi connectivity index (χ4n) is 2.32. The van der Waals surface area contributed by atoms with E-state index in [-0.39, 0.29) is 43.6 Å². The number of halogens is 4. The molecule has 0 radical (unpaired) electrons. The molecule has 0 spiro atoms. The number of para-hydroxylation sites is 1. The average molecular weight is 419 g/mol. The highest BCUT2D eigenvalue weighted by Gasteiger charge is 2.30. The van der Waals surface area contributed by atoms with Gasteiger partial charge in [0.05, 0.1) is 5.56 Å². The van der Waals surface area contributed by atoms with Crippen molar-refractivity contribution in [3.8, 4) is 5.75 Å². The summed E-state index contributed by atoms with van der Waals surface area (Å²) >= 11 is 0. The number of anilines is 1. The van der Waals surface area contributed by atoms with Gasteiger partial charge in [-0.1, -0.05) is 18.2 Å². The molecule has 4 N–H and O–H groups in total. The van der Waals surface area contributed by atoms with E-state index < -0.39 is 17.8 Å². The van der Waals surface area contributed by atoms with Crippen molar-refractivity contribution < 1.29 is 27.8 Å². The van der Waals surface area contributed by atoms with Gasteiger partial charge in [0.25, 0.3) is 0 Å². The summed E-state index contributed by atoms with van der Waals surface area (Å²) in [4.78, 5) is 11.8. The van der Waals surface area contributed by atoms with E-state index in [9.17, 15) is 23.1 Å². The Morgan fingerprint density at radius 1 is 1.14 bits per heavy atom. The SMILES string of the molecule is Cl.Nc1ccccc1CCC(=O)NCC(O)COc1ccc(C(F)(F)F)cc1. The highest BCUT2D eigenvalue weighted by Crippen LogP contribution is 2.30. The number of aliphatic hydroxyl groups excluding tert-OH is 1. The van der Waals surface area contributed by atoms with E-state index in [0.717, 1.165) is 17.7 Å². The summed E-state index contributed by atoms with van der Waals surface area (Å²) in [5.41, 5.74) is 6.52. The van der Waals surface area contributed by atoms with Crippen LogP contribution in [0.1, 0.15) is 17.5 Å². The maximum atomic E-state index is 12.5. The first-order chi connectivity index (χ1) is 12.8. The summed E-state index contributed by atoms with van der Waals surface area (Å²) in [5.74, 6) is -0.0419. The Labute approximate surface area is 167 Å². The molecule has 0 aliphatic rings. The van der Waals surface area contributed by atoms with E-state index in [0.29, 0.717) is 12.1 Å². The van der Waals surface area contributed by atoms with Gasteiger partial charge in [-0.3, -0.25) is 4.79 Å². The fourth-order valence-corrected chi connectivity index (χ4v) is 2.32. The van der Waals surface area contributed by atoms with Crippen LogP contribution < -0.4 is 15.8 Å². The van der Waals surface area contributed by atoms with Gasteiger partial charge in [-0.05, 0) is 42.3 Å². The first kappa shape index (κ1) is 23.6. The van der Waals surface area contributed by atoms with Gasteiger partial charge in [0.15, 0.2) is 0 Å². The number of hydrogen-bond donors (Lipinski definition) is 3. The lowest BCUT2D eigenvalue weighted by Crippen LogP contribution is -2.35. The number of ether oxygens (including phenoxy) is 1. The molecule has 0 saturated heterocycles. The molecule has 0 heterocycles. The van der Waals surface area contributed by atoms with Crippen molar-refractivity contribution in [1.29, 1.82) is 0 Å². The van der Waals surface area contributed by atoms with Gasteiger partial charge in [-0.25, -0.2) is 0 Å². The molecule has 2 aromatic carbocycles. The first-order valence-corrected chi connectivity index (χ1v) is 8.34. The second-order valence-electron chi connectivity index (χ2n) is 5.99. The smallest absolute Gasteiger partial charge is 0.416 e. The lowest BCUT2D eigenvalue weighted by Gasteiger charge is -2.14. The van der Waals surface area contributed by atoms with Crippen molar-refractivity contribution in [3.63, 3.8) is 0 Å². The molecule has 0 bridgehead atoms. The highest BCUT2D eigenvalue weighted by atomic mass is 35.5. The van der Waals surface area contributed by atoms with E-state index in [1.54, 1.807) is 6.07 Å². The molecule has 154 valence electrons. The molecule has 2 aromatic rings. The summed E-state index contributed by atoms with van der Waals surface area (Å²) < 4.78 is 42.7. The van der Waals surface area contributed by atoms with Crippen LogP contribution in [0.25, 0.3) is 0 Å². The van der Waals surface area contributed by atoms with Crippen LogP contribution in [0.4, 0.5) is 18.9 Å². The monoisotopic (exact) mass is 418 g/mol. The van der Waals surface area contributed by atoms with Gasteiger partial charge in [-0.2, -0.15) is 13.2 Å². The summed E-state index contributed by atoms with van der Waals surface area (Å²) in [6, 6.07) is 11.4. The Balaban J connectivity index is 0.00000392. The van der Waals surface area contributed by atoms with Crippen LogP contribution in [0.5, 0.6) is 5.75 Å². The number of nitrogens with one attached hydrogen (secondary N) is 1. The van der Waals surface area contributed by atoms with Crippen LogP contribution in [-0.4, -0.2) is 30.3 Å². The van der Waals surface area contributed by atoms with Crippen molar-refractivity contribution in [2.45, 2.75) is 25.1 Å². The lowest BCUT2D eigenvalue weighted by molar-refractivity contribution is -0.137. The number of hydrogen-bond acceptors (Lipinski definition) is 4.